The van der Waals surface area contributed by atoms with Crippen LogP contribution in [0, 0.1) is 11.8 Å². The van der Waals surface area contributed by atoms with Gasteiger partial charge in [-0.05, 0) is 50.0 Å². The average Bonchev–Trinajstić information content (AvgIpc) is 3.36. The van der Waals surface area contributed by atoms with Gasteiger partial charge >= 0.3 is 0 Å². The number of hydrogen-bond donors (Lipinski definition) is 1. The Hall–Kier alpha value is -1.35. The third kappa shape index (κ3) is 2.05. The van der Waals surface area contributed by atoms with Crippen molar-refractivity contribution in [2.24, 2.45) is 11.8 Å². The van der Waals surface area contributed by atoms with E-state index in [0.717, 1.165) is 17.4 Å². The summed E-state index contributed by atoms with van der Waals surface area (Å²) in [4.78, 5) is 15.1. The highest BCUT2D eigenvalue weighted by molar-refractivity contribution is 5.86. The topological polar surface area (TPSA) is 32.3 Å². The van der Waals surface area contributed by atoms with Crippen LogP contribution in [0.4, 0.5) is 0 Å². The zero-order valence-electron chi connectivity index (χ0n) is 12.0. The van der Waals surface area contributed by atoms with E-state index in [9.17, 15) is 4.79 Å². The Labute approximate surface area is 120 Å². The molecular weight excluding hydrogens is 248 g/mol. The largest absolute Gasteiger partial charge is 0.322 e. The lowest BCUT2D eigenvalue weighted by Crippen LogP contribution is -2.45. The van der Waals surface area contributed by atoms with Gasteiger partial charge in [0, 0.05) is 6.04 Å². The summed E-state index contributed by atoms with van der Waals surface area (Å²) in [5.41, 5.74) is 1.09. The molecule has 0 aromatic heterocycles. The Morgan fingerprint density at radius 2 is 1.70 bits per heavy atom. The Morgan fingerprint density at radius 1 is 1.10 bits per heavy atom. The molecular formula is C17H22N2O. The molecule has 3 aliphatic rings. The standard InChI is InChI=1S/C17H22N2O/c1-11-18-15(12-5-3-2-4-6-12)17(20)19(11)16(13-7-8-13)14-9-10-14/h2-6,11,13-16,18H,7-10H2,1H3. The maximum atomic E-state index is 12.9. The SMILES string of the molecule is CC1NC(c2ccccc2)C(=O)N1C(C1CC1)C1CC1. The number of hydrogen-bond acceptors (Lipinski definition) is 2. The van der Waals surface area contributed by atoms with Crippen LogP contribution >= 0.6 is 0 Å². The maximum Gasteiger partial charge on any atom is 0.245 e. The molecule has 2 saturated carbocycles. The molecule has 1 N–H and O–H groups in total. The van der Waals surface area contributed by atoms with Gasteiger partial charge in [0.2, 0.25) is 5.91 Å². The van der Waals surface area contributed by atoms with Crippen molar-refractivity contribution >= 4 is 5.91 Å². The molecule has 1 heterocycles. The van der Waals surface area contributed by atoms with Crippen LogP contribution in [-0.2, 0) is 4.79 Å². The molecule has 1 amide bonds. The van der Waals surface area contributed by atoms with Crippen LogP contribution in [0.15, 0.2) is 30.3 Å². The van der Waals surface area contributed by atoms with Gasteiger partial charge in [0.1, 0.15) is 6.04 Å². The van der Waals surface area contributed by atoms with E-state index in [2.05, 4.69) is 29.3 Å². The van der Waals surface area contributed by atoms with E-state index in [-0.39, 0.29) is 18.1 Å². The summed E-state index contributed by atoms with van der Waals surface area (Å²) in [6.45, 7) is 2.14. The van der Waals surface area contributed by atoms with E-state index < -0.39 is 0 Å². The Bertz CT molecular complexity index is 495. The van der Waals surface area contributed by atoms with Gasteiger partial charge in [-0.15, -0.1) is 0 Å². The Balaban J connectivity index is 1.60. The van der Waals surface area contributed by atoms with E-state index in [1.165, 1.54) is 25.7 Å². The smallest absolute Gasteiger partial charge is 0.245 e. The minimum Gasteiger partial charge on any atom is -0.322 e. The predicted octanol–water partition coefficient (Wildman–Crippen LogP) is 2.69. The van der Waals surface area contributed by atoms with Crippen LogP contribution < -0.4 is 5.32 Å². The van der Waals surface area contributed by atoms with E-state index in [1.54, 1.807) is 0 Å². The molecule has 1 aromatic carbocycles. The zero-order valence-corrected chi connectivity index (χ0v) is 12.0. The molecule has 20 heavy (non-hydrogen) atoms. The number of amides is 1. The predicted molar refractivity (Wildman–Crippen MR) is 77.9 cm³/mol. The number of carbonyl (C=O) groups excluding carboxylic acids is 1. The third-order valence-electron chi connectivity index (χ3n) is 4.99. The molecule has 0 radical (unpaired) electrons. The summed E-state index contributed by atoms with van der Waals surface area (Å²) in [5, 5.41) is 3.49. The zero-order chi connectivity index (χ0) is 13.7. The molecule has 3 fully saturated rings. The van der Waals surface area contributed by atoms with E-state index in [4.69, 9.17) is 0 Å². The fourth-order valence-corrected chi connectivity index (χ4v) is 3.74. The van der Waals surface area contributed by atoms with Crippen molar-refractivity contribution in [2.45, 2.75) is 50.9 Å². The summed E-state index contributed by atoms with van der Waals surface area (Å²) in [7, 11) is 0. The third-order valence-corrected chi connectivity index (χ3v) is 4.99. The molecule has 2 unspecified atom stereocenters. The van der Waals surface area contributed by atoms with Crippen LogP contribution in [0.3, 0.4) is 0 Å². The molecule has 1 aliphatic heterocycles. The van der Waals surface area contributed by atoms with Gasteiger partial charge in [0.05, 0.1) is 6.17 Å². The molecule has 1 aromatic rings. The van der Waals surface area contributed by atoms with Gasteiger partial charge in [0.15, 0.2) is 0 Å². The highest BCUT2D eigenvalue weighted by Gasteiger charge is 2.51. The molecule has 0 bridgehead atoms. The van der Waals surface area contributed by atoms with Gasteiger partial charge < -0.3 is 4.90 Å². The van der Waals surface area contributed by atoms with Crippen molar-refractivity contribution in [1.29, 1.82) is 0 Å². The van der Waals surface area contributed by atoms with Crippen molar-refractivity contribution in [3.05, 3.63) is 35.9 Å². The number of benzene rings is 1. The summed E-state index contributed by atoms with van der Waals surface area (Å²) in [6, 6.07) is 10.5. The van der Waals surface area contributed by atoms with Gasteiger partial charge in [-0.2, -0.15) is 0 Å². The molecule has 106 valence electrons. The van der Waals surface area contributed by atoms with Gasteiger partial charge in [-0.25, -0.2) is 0 Å². The average molecular weight is 270 g/mol. The van der Waals surface area contributed by atoms with Crippen LogP contribution in [-0.4, -0.2) is 23.0 Å². The molecule has 0 spiro atoms. The fourth-order valence-electron chi connectivity index (χ4n) is 3.74. The summed E-state index contributed by atoms with van der Waals surface area (Å²) in [6.07, 6.45) is 5.42. The normalized spacial score (nSPS) is 30.3. The van der Waals surface area contributed by atoms with Crippen LogP contribution in [0.25, 0.3) is 0 Å². The summed E-state index contributed by atoms with van der Waals surface area (Å²) < 4.78 is 0. The first-order valence-electron chi connectivity index (χ1n) is 7.89. The van der Waals surface area contributed by atoms with Crippen molar-refractivity contribution in [1.82, 2.24) is 10.2 Å². The lowest BCUT2D eigenvalue weighted by molar-refractivity contribution is -0.133. The Kier molecular flexibility index (Phi) is 2.84. The van der Waals surface area contributed by atoms with Crippen molar-refractivity contribution in [2.75, 3.05) is 0 Å². The van der Waals surface area contributed by atoms with Crippen molar-refractivity contribution < 1.29 is 4.79 Å². The first kappa shape index (κ1) is 12.4. The van der Waals surface area contributed by atoms with E-state index in [1.807, 2.05) is 18.2 Å². The van der Waals surface area contributed by atoms with Gasteiger partial charge in [0.25, 0.3) is 0 Å². The monoisotopic (exact) mass is 270 g/mol. The molecule has 3 heteroatoms. The molecule has 2 atom stereocenters. The van der Waals surface area contributed by atoms with E-state index >= 15 is 0 Å². The van der Waals surface area contributed by atoms with Crippen LogP contribution in [0.5, 0.6) is 0 Å². The fraction of sp³-hybridized carbons (Fsp3) is 0.588. The minimum atomic E-state index is -0.147. The second-order valence-electron chi connectivity index (χ2n) is 6.60. The number of nitrogens with zero attached hydrogens (tertiary/aromatic N) is 1. The van der Waals surface area contributed by atoms with Gasteiger partial charge in [-0.3, -0.25) is 10.1 Å². The molecule has 2 aliphatic carbocycles. The quantitative estimate of drug-likeness (QED) is 0.912. The Morgan fingerprint density at radius 3 is 2.25 bits per heavy atom. The molecule has 1 saturated heterocycles. The summed E-state index contributed by atoms with van der Waals surface area (Å²) in [5.74, 6) is 1.82. The summed E-state index contributed by atoms with van der Waals surface area (Å²) >= 11 is 0. The minimum absolute atomic E-state index is 0.147. The molecule has 3 nitrogen and oxygen atoms in total. The van der Waals surface area contributed by atoms with Gasteiger partial charge in [-0.1, -0.05) is 30.3 Å². The number of rotatable bonds is 4. The van der Waals surface area contributed by atoms with E-state index in [0.29, 0.717) is 6.04 Å². The first-order chi connectivity index (χ1) is 9.75. The first-order valence-corrected chi connectivity index (χ1v) is 7.89. The lowest BCUT2D eigenvalue weighted by Gasteiger charge is -2.31. The second kappa shape index (κ2) is 4.59. The highest BCUT2D eigenvalue weighted by atomic mass is 16.2. The van der Waals surface area contributed by atoms with Crippen LogP contribution in [0.2, 0.25) is 0 Å². The lowest BCUT2D eigenvalue weighted by atomic mass is 10.0. The maximum absolute atomic E-state index is 12.9. The van der Waals surface area contributed by atoms with Crippen molar-refractivity contribution in [3.8, 4) is 0 Å². The number of nitrogens with one attached hydrogen (secondary N) is 1. The second-order valence-corrected chi connectivity index (χ2v) is 6.60. The van der Waals surface area contributed by atoms with Crippen LogP contribution in [0.1, 0.15) is 44.2 Å². The molecule has 4 rings (SSSR count). The number of carbonyl (C=O) groups is 1. The highest BCUT2D eigenvalue weighted by Crippen LogP contribution is 2.49. The van der Waals surface area contributed by atoms with Crippen molar-refractivity contribution in [3.63, 3.8) is 0 Å².